The molecule has 1 aromatic carbocycles. The molecule has 0 spiro atoms. The lowest BCUT2D eigenvalue weighted by atomic mass is 9.94. The van der Waals surface area contributed by atoms with E-state index in [4.69, 9.17) is 4.74 Å². The van der Waals surface area contributed by atoms with E-state index >= 15 is 0 Å². The van der Waals surface area contributed by atoms with E-state index in [-0.39, 0.29) is 5.41 Å². The second kappa shape index (κ2) is 6.36. The van der Waals surface area contributed by atoms with E-state index in [9.17, 15) is 4.79 Å². The second-order valence-electron chi connectivity index (χ2n) is 8.34. The number of rotatable bonds is 6. The summed E-state index contributed by atoms with van der Waals surface area (Å²) in [4.78, 5) is 20.0. The number of hydrogen-bond acceptors (Lipinski definition) is 4. The van der Waals surface area contributed by atoms with Crippen LogP contribution in [-0.4, -0.2) is 46.2 Å². The topological polar surface area (TPSA) is 71.1 Å². The van der Waals surface area contributed by atoms with E-state index in [2.05, 4.69) is 20.1 Å². The second-order valence-corrected chi connectivity index (χ2v) is 8.34. The average Bonchev–Trinajstić information content (AvgIpc) is 3.62. The maximum atomic E-state index is 13.2. The van der Waals surface area contributed by atoms with Gasteiger partial charge in [-0.15, -0.1) is 0 Å². The van der Waals surface area contributed by atoms with Crippen LogP contribution in [0.25, 0.3) is 0 Å². The lowest BCUT2D eigenvalue weighted by molar-refractivity contribution is -0.133. The first kappa shape index (κ1) is 16.8. The highest BCUT2D eigenvalue weighted by Gasteiger charge is 2.53. The van der Waals surface area contributed by atoms with Crippen LogP contribution < -0.4 is 4.74 Å². The molecule has 3 aliphatic rings. The summed E-state index contributed by atoms with van der Waals surface area (Å²) in [5.41, 5.74) is 0.827. The summed E-state index contributed by atoms with van der Waals surface area (Å²) >= 11 is 0. The third-order valence-electron chi connectivity index (χ3n) is 6.35. The van der Waals surface area contributed by atoms with Gasteiger partial charge in [-0.05, 0) is 55.7 Å². The molecule has 2 heterocycles. The zero-order valence-corrected chi connectivity index (χ0v) is 15.8. The summed E-state index contributed by atoms with van der Waals surface area (Å²) in [6, 6.07) is 8.00. The van der Waals surface area contributed by atoms with Crippen molar-refractivity contribution in [1.29, 1.82) is 0 Å². The van der Waals surface area contributed by atoms with Gasteiger partial charge >= 0.3 is 0 Å². The van der Waals surface area contributed by atoms with Gasteiger partial charge in [0.05, 0.1) is 12.5 Å². The number of hydrogen-bond donors (Lipinski definition) is 1. The molecule has 1 unspecified atom stereocenters. The van der Waals surface area contributed by atoms with Crippen LogP contribution in [0.1, 0.15) is 55.2 Å². The van der Waals surface area contributed by atoms with Gasteiger partial charge < -0.3 is 9.64 Å². The maximum Gasteiger partial charge on any atom is 0.233 e. The fraction of sp³-hybridized carbons (Fsp3) is 0.571. The molecule has 6 nitrogen and oxygen atoms in total. The number of H-pyrrole nitrogens is 1. The molecule has 0 radical (unpaired) electrons. The maximum absolute atomic E-state index is 13.2. The quantitative estimate of drug-likeness (QED) is 0.853. The van der Waals surface area contributed by atoms with E-state index in [1.165, 1.54) is 12.8 Å². The number of aromatic nitrogens is 3. The highest BCUT2D eigenvalue weighted by Crippen LogP contribution is 2.50. The molecule has 2 aliphatic carbocycles. The molecule has 1 aromatic heterocycles. The Morgan fingerprint density at radius 2 is 2.04 bits per heavy atom. The largest absolute Gasteiger partial charge is 0.497 e. The Kier molecular flexibility index (Phi) is 3.95. The highest BCUT2D eigenvalue weighted by atomic mass is 16.5. The summed E-state index contributed by atoms with van der Waals surface area (Å²) in [5, 5.41) is 7.45. The predicted octanol–water partition coefficient (Wildman–Crippen LogP) is 2.81. The Morgan fingerprint density at radius 3 is 2.70 bits per heavy atom. The zero-order chi connectivity index (χ0) is 18.4. The van der Waals surface area contributed by atoms with Gasteiger partial charge in [0.1, 0.15) is 11.6 Å². The van der Waals surface area contributed by atoms with E-state index in [1.54, 1.807) is 7.11 Å². The number of aromatic amines is 1. The van der Waals surface area contributed by atoms with E-state index in [0.717, 1.165) is 61.7 Å². The number of ether oxygens (including phenoxy) is 1. The SMILES string of the molecule is COc1ccc(C2(C(=O)N3CCC(Cc4nc(C5CC5)n[nH]4)C3)CC2)cc1. The van der Waals surface area contributed by atoms with Gasteiger partial charge in [-0.3, -0.25) is 9.89 Å². The minimum atomic E-state index is -0.299. The number of methoxy groups -OCH3 is 1. The summed E-state index contributed by atoms with van der Waals surface area (Å²) in [6.07, 6.45) is 6.27. The minimum Gasteiger partial charge on any atom is -0.497 e. The van der Waals surface area contributed by atoms with Gasteiger partial charge in [0.2, 0.25) is 5.91 Å². The monoisotopic (exact) mass is 366 g/mol. The molecule has 3 fully saturated rings. The smallest absolute Gasteiger partial charge is 0.233 e. The summed E-state index contributed by atoms with van der Waals surface area (Å²) in [6.45, 7) is 1.68. The third-order valence-corrected chi connectivity index (χ3v) is 6.35. The third kappa shape index (κ3) is 3.11. The van der Waals surface area contributed by atoms with Gasteiger partial charge in [-0.1, -0.05) is 12.1 Å². The fourth-order valence-electron chi connectivity index (χ4n) is 4.35. The summed E-state index contributed by atoms with van der Waals surface area (Å²) in [7, 11) is 1.67. The number of amides is 1. The van der Waals surface area contributed by atoms with Crippen LogP contribution in [0.3, 0.4) is 0 Å². The first-order chi connectivity index (χ1) is 13.2. The highest BCUT2D eigenvalue weighted by molar-refractivity contribution is 5.91. The van der Waals surface area contributed by atoms with Gasteiger partial charge in [-0.2, -0.15) is 5.10 Å². The summed E-state index contributed by atoms with van der Waals surface area (Å²) in [5.74, 6) is 4.14. The number of benzene rings is 1. The lowest BCUT2D eigenvalue weighted by Gasteiger charge is -2.24. The van der Waals surface area contributed by atoms with Gasteiger partial charge in [-0.25, -0.2) is 4.98 Å². The first-order valence-electron chi connectivity index (χ1n) is 10.0. The Morgan fingerprint density at radius 1 is 1.26 bits per heavy atom. The molecule has 1 amide bonds. The minimum absolute atomic E-state index is 0.298. The average molecular weight is 366 g/mol. The number of nitrogens with zero attached hydrogens (tertiary/aromatic N) is 3. The molecule has 1 atom stereocenters. The Hall–Kier alpha value is -2.37. The van der Waals surface area contributed by atoms with E-state index < -0.39 is 0 Å². The standard InChI is InChI=1S/C21H26N4O2/c1-27-17-6-4-16(5-7-17)21(9-10-21)20(26)25-11-8-14(13-25)12-18-22-19(24-23-18)15-2-3-15/h4-7,14-15H,2-3,8-13H2,1H3,(H,22,23,24). The number of carbonyl (C=O) groups excluding carboxylic acids is 1. The van der Waals surface area contributed by atoms with Gasteiger partial charge in [0, 0.05) is 25.4 Å². The van der Waals surface area contributed by atoms with E-state index in [1.807, 2.05) is 24.3 Å². The van der Waals surface area contributed by atoms with Crippen molar-refractivity contribution >= 4 is 5.91 Å². The van der Waals surface area contributed by atoms with Crippen LogP contribution in [0, 0.1) is 5.92 Å². The summed E-state index contributed by atoms with van der Waals surface area (Å²) < 4.78 is 5.24. The van der Waals surface area contributed by atoms with Crippen LogP contribution >= 0.6 is 0 Å². The molecule has 1 aliphatic heterocycles. The molecule has 5 rings (SSSR count). The van der Waals surface area contributed by atoms with Crippen molar-refractivity contribution in [3.63, 3.8) is 0 Å². The normalized spacial score (nSPS) is 23.4. The van der Waals surface area contributed by atoms with Gasteiger partial charge in [0.15, 0.2) is 5.82 Å². The Balaban J connectivity index is 1.23. The van der Waals surface area contributed by atoms with E-state index in [0.29, 0.717) is 17.7 Å². The van der Waals surface area contributed by atoms with Crippen LogP contribution in [0.4, 0.5) is 0 Å². The van der Waals surface area contributed by atoms with Crippen LogP contribution in [-0.2, 0) is 16.6 Å². The Labute approximate surface area is 159 Å². The molecule has 27 heavy (non-hydrogen) atoms. The fourth-order valence-corrected chi connectivity index (χ4v) is 4.35. The van der Waals surface area contributed by atoms with Crippen molar-refractivity contribution in [2.45, 2.75) is 49.9 Å². The van der Waals surface area contributed by atoms with Crippen LogP contribution in [0.5, 0.6) is 5.75 Å². The molecule has 1 saturated heterocycles. The van der Waals surface area contributed by atoms with Crippen LogP contribution in [0.2, 0.25) is 0 Å². The van der Waals surface area contributed by atoms with Gasteiger partial charge in [0.25, 0.3) is 0 Å². The first-order valence-corrected chi connectivity index (χ1v) is 10.0. The Bertz CT molecular complexity index is 836. The van der Waals surface area contributed by atoms with Crippen molar-refractivity contribution in [2.24, 2.45) is 5.92 Å². The molecule has 2 aromatic rings. The zero-order valence-electron chi connectivity index (χ0n) is 15.8. The molecule has 142 valence electrons. The predicted molar refractivity (Wildman–Crippen MR) is 101 cm³/mol. The molecule has 6 heteroatoms. The molecular weight excluding hydrogens is 340 g/mol. The van der Waals surface area contributed by atoms with Crippen molar-refractivity contribution in [3.8, 4) is 5.75 Å². The molecular formula is C21H26N4O2. The van der Waals surface area contributed by atoms with Crippen molar-refractivity contribution in [1.82, 2.24) is 20.1 Å². The molecule has 1 N–H and O–H groups in total. The van der Waals surface area contributed by atoms with Crippen molar-refractivity contribution in [2.75, 3.05) is 20.2 Å². The number of nitrogens with one attached hydrogen (secondary N) is 1. The van der Waals surface area contributed by atoms with Crippen molar-refractivity contribution < 1.29 is 9.53 Å². The number of carbonyl (C=O) groups is 1. The lowest BCUT2D eigenvalue weighted by Crippen LogP contribution is -2.38. The van der Waals surface area contributed by atoms with Crippen molar-refractivity contribution in [3.05, 3.63) is 41.5 Å². The molecule has 0 bridgehead atoms. The van der Waals surface area contributed by atoms with Crippen LogP contribution in [0.15, 0.2) is 24.3 Å². The molecule has 2 saturated carbocycles. The number of likely N-dealkylation sites (tertiary alicyclic amines) is 1.